The first kappa shape index (κ1) is 17.6. The van der Waals surface area contributed by atoms with E-state index in [2.05, 4.69) is 20.6 Å². The third-order valence-electron chi connectivity index (χ3n) is 2.75. The second-order valence-corrected chi connectivity index (χ2v) is 4.72. The molecule has 7 nitrogen and oxygen atoms in total. The van der Waals surface area contributed by atoms with Gasteiger partial charge >= 0.3 is 12.3 Å². The monoisotopic (exact) mass is 362 g/mol. The van der Waals surface area contributed by atoms with Crippen molar-refractivity contribution in [3.63, 3.8) is 0 Å². The Bertz CT molecular complexity index is 771. The molecule has 2 aromatic rings. The molecule has 1 aromatic heterocycles. The highest BCUT2D eigenvalue weighted by atomic mass is 35.5. The fourth-order valence-corrected chi connectivity index (χ4v) is 1.96. The van der Waals surface area contributed by atoms with Gasteiger partial charge in [-0.15, -0.1) is 0 Å². The van der Waals surface area contributed by atoms with Crippen LogP contribution in [0.4, 0.5) is 35.3 Å². The number of aromatic nitrogens is 2. The molecule has 3 N–H and O–H groups in total. The zero-order valence-corrected chi connectivity index (χ0v) is 12.7. The van der Waals surface area contributed by atoms with Crippen molar-refractivity contribution in [2.45, 2.75) is 6.18 Å². The van der Waals surface area contributed by atoms with Crippen LogP contribution in [0.1, 0.15) is 5.56 Å². The normalized spacial score (nSPS) is 11.0. The molecule has 0 fully saturated rings. The lowest BCUT2D eigenvalue weighted by atomic mass is 10.2. The molecular formula is C13H10ClF3N4O3. The van der Waals surface area contributed by atoms with E-state index < -0.39 is 23.0 Å². The number of ether oxygens (including phenoxy) is 1. The van der Waals surface area contributed by atoms with Crippen LogP contribution in [0.15, 0.2) is 24.4 Å². The summed E-state index contributed by atoms with van der Waals surface area (Å²) in [5.74, 6) is 0.0473. The fraction of sp³-hybridized carbons (Fsp3) is 0.154. The molecule has 0 unspecified atom stereocenters. The van der Waals surface area contributed by atoms with E-state index in [1.165, 1.54) is 25.3 Å². The van der Waals surface area contributed by atoms with Crippen LogP contribution in [-0.4, -0.2) is 28.3 Å². The summed E-state index contributed by atoms with van der Waals surface area (Å²) in [5, 5.41) is 12.7. The zero-order chi connectivity index (χ0) is 17.9. The number of carbonyl (C=O) groups is 1. The molecule has 0 saturated heterocycles. The van der Waals surface area contributed by atoms with E-state index in [0.717, 1.165) is 0 Å². The van der Waals surface area contributed by atoms with Gasteiger partial charge in [-0.25, -0.2) is 14.8 Å². The van der Waals surface area contributed by atoms with Gasteiger partial charge in [-0.3, -0.25) is 5.32 Å². The molecule has 2 rings (SSSR count). The van der Waals surface area contributed by atoms with E-state index in [4.69, 9.17) is 21.4 Å². The summed E-state index contributed by atoms with van der Waals surface area (Å²) in [5.41, 5.74) is -0.594. The number of carboxylic acid groups (broad SMARTS) is 1. The van der Waals surface area contributed by atoms with E-state index >= 15 is 0 Å². The first-order chi connectivity index (χ1) is 11.2. The summed E-state index contributed by atoms with van der Waals surface area (Å²) in [6.45, 7) is 0. The first-order valence-electron chi connectivity index (χ1n) is 6.25. The summed E-state index contributed by atoms with van der Waals surface area (Å²) in [6, 6.07) is 4.24. The van der Waals surface area contributed by atoms with E-state index in [9.17, 15) is 18.0 Å². The molecule has 0 saturated carbocycles. The smallest absolute Gasteiger partial charge is 0.420 e. The molecule has 128 valence electrons. The highest BCUT2D eigenvalue weighted by Gasteiger charge is 2.34. The second-order valence-electron chi connectivity index (χ2n) is 4.37. The van der Waals surface area contributed by atoms with E-state index in [-0.39, 0.29) is 17.4 Å². The Morgan fingerprint density at radius 3 is 2.62 bits per heavy atom. The SMILES string of the molecule is COc1cc(NC(=O)O)ccc1Nc1ncc(C(F)(F)F)c(Cl)n1. The van der Waals surface area contributed by atoms with Crippen molar-refractivity contribution in [2.24, 2.45) is 0 Å². The van der Waals surface area contributed by atoms with Crippen LogP contribution >= 0.6 is 11.6 Å². The first-order valence-corrected chi connectivity index (χ1v) is 6.63. The van der Waals surface area contributed by atoms with Crippen molar-refractivity contribution < 1.29 is 27.8 Å². The molecule has 24 heavy (non-hydrogen) atoms. The van der Waals surface area contributed by atoms with Crippen LogP contribution in [0.25, 0.3) is 0 Å². The number of anilines is 3. The fourth-order valence-electron chi connectivity index (χ4n) is 1.73. The van der Waals surface area contributed by atoms with Gasteiger partial charge in [0, 0.05) is 18.0 Å². The summed E-state index contributed by atoms with van der Waals surface area (Å²) < 4.78 is 42.9. The third-order valence-corrected chi connectivity index (χ3v) is 3.04. The largest absolute Gasteiger partial charge is 0.494 e. The number of methoxy groups -OCH3 is 1. The number of hydrogen-bond acceptors (Lipinski definition) is 5. The molecule has 0 aliphatic carbocycles. The van der Waals surface area contributed by atoms with Crippen molar-refractivity contribution in [2.75, 3.05) is 17.7 Å². The van der Waals surface area contributed by atoms with Crippen LogP contribution in [0.3, 0.4) is 0 Å². The molecule has 1 heterocycles. The molecule has 0 spiro atoms. The number of rotatable bonds is 4. The van der Waals surface area contributed by atoms with Crippen LogP contribution in [0.5, 0.6) is 5.75 Å². The Labute approximate surface area is 138 Å². The minimum absolute atomic E-state index is 0.176. The van der Waals surface area contributed by atoms with Gasteiger partial charge < -0.3 is 15.2 Å². The molecule has 1 amide bonds. The maximum Gasteiger partial charge on any atom is 0.420 e. The molecule has 0 atom stereocenters. The van der Waals surface area contributed by atoms with Crippen molar-refractivity contribution >= 4 is 35.0 Å². The lowest BCUT2D eigenvalue weighted by molar-refractivity contribution is -0.137. The van der Waals surface area contributed by atoms with Gasteiger partial charge in [-0.05, 0) is 12.1 Å². The number of nitrogens with one attached hydrogen (secondary N) is 2. The average Bonchev–Trinajstić information content (AvgIpc) is 2.47. The second kappa shape index (κ2) is 6.79. The van der Waals surface area contributed by atoms with E-state index in [1.807, 2.05) is 0 Å². The molecule has 0 radical (unpaired) electrons. The molecular weight excluding hydrogens is 353 g/mol. The predicted octanol–water partition coefficient (Wildman–Crippen LogP) is 3.99. The standard InChI is InChI=1S/C13H10ClF3N4O3/c1-24-9-4-6(19-12(22)23)2-3-8(9)20-11-18-5-7(10(14)21-11)13(15,16)17/h2-5,19H,1H3,(H,22,23)(H,18,20,21). The van der Waals surface area contributed by atoms with Crippen LogP contribution < -0.4 is 15.4 Å². The maximum atomic E-state index is 12.6. The molecule has 0 aliphatic heterocycles. The Morgan fingerprint density at radius 1 is 1.38 bits per heavy atom. The van der Waals surface area contributed by atoms with Crippen molar-refractivity contribution in [1.29, 1.82) is 0 Å². The quantitative estimate of drug-likeness (QED) is 0.712. The van der Waals surface area contributed by atoms with E-state index in [0.29, 0.717) is 11.9 Å². The van der Waals surface area contributed by atoms with Crippen LogP contribution in [0, 0.1) is 0 Å². The molecule has 1 aromatic carbocycles. The van der Waals surface area contributed by atoms with Gasteiger partial charge in [0.2, 0.25) is 5.95 Å². The van der Waals surface area contributed by atoms with Gasteiger partial charge in [0.05, 0.1) is 12.8 Å². The number of alkyl halides is 3. The molecule has 0 bridgehead atoms. The summed E-state index contributed by atoms with van der Waals surface area (Å²) >= 11 is 5.52. The number of benzene rings is 1. The van der Waals surface area contributed by atoms with Crippen LogP contribution in [-0.2, 0) is 6.18 Å². The Morgan fingerprint density at radius 2 is 2.08 bits per heavy atom. The predicted molar refractivity (Wildman–Crippen MR) is 80.0 cm³/mol. The number of amides is 1. The van der Waals surface area contributed by atoms with Gasteiger partial charge in [0.15, 0.2) is 0 Å². The van der Waals surface area contributed by atoms with E-state index in [1.54, 1.807) is 0 Å². The number of nitrogens with zero attached hydrogens (tertiary/aromatic N) is 2. The number of halogens is 4. The lowest BCUT2D eigenvalue weighted by Gasteiger charge is -2.13. The molecule has 0 aliphatic rings. The Balaban J connectivity index is 2.28. The lowest BCUT2D eigenvalue weighted by Crippen LogP contribution is -2.10. The zero-order valence-electron chi connectivity index (χ0n) is 12.0. The van der Waals surface area contributed by atoms with Crippen molar-refractivity contribution in [3.05, 3.63) is 35.1 Å². The highest BCUT2D eigenvalue weighted by molar-refractivity contribution is 6.30. The van der Waals surface area contributed by atoms with Crippen molar-refractivity contribution in [1.82, 2.24) is 9.97 Å². The highest BCUT2D eigenvalue weighted by Crippen LogP contribution is 2.34. The summed E-state index contributed by atoms with van der Waals surface area (Å²) in [7, 11) is 1.34. The summed E-state index contributed by atoms with van der Waals surface area (Å²) in [4.78, 5) is 17.7. The molecule has 11 heteroatoms. The van der Waals surface area contributed by atoms with Gasteiger partial charge in [-0.2, -0.15) is 13.2 Å². The van der Waals surface area contributed by atoms with Crippen LogP contribution in [0.2, 0.25) is 5.15 Å². The van der Waals surface area contributed by atoms with Gasteiger partial charge in [0.25, 0.3) is 0 Å². The number of hydrogen-bond donors (Lipinski definition) is 3. The Kier molecular flexibility index (Phi) is 4.98. The Hall–Kier alpha value is -2.75. The average molecular weight is 363 g/mol. The third kappa shape index (κ3) is 4.16. The maximum absolute atomic E-state index is 12.6. The minimum Gasteiger partial charge on any atom is -0.494 e. The van der Waals surface area contributed by atoms with Gasteiger partial charge in [0.1, 0.15) is 16.5 Å². The van der Waals surface area contributed by atoms with Crippen molar-refractivity contribution in [3.8, 4) is 5.75 Å². The van der Waals surface area contributed by atoms with Gasteiger partial charge in [-0.1, -0.05) is 11.6 Å². The topological polar surface area (TPSA) is 96.4 Å². The summed E-state index contributed by atoms with van der Waals surface area (Å²) in [6.07, 6.45) is -5.35. The minimum atomic E-state index is -4.66.